The molecule has 22 heavy (non-hydrogen) atoms. The first-order valence-electron chi connectivity index (χ1n) is 7.97. The molecule has 0 atom stereocenters. The fraction of sp³-hybridized carbons (Fsp3) is 0.556. The predicted octanol–water partition coefficient (Wildman–Crippen LogP) is 4.40. The summed E-state index contributed by atoms with van der Waals surface area (Å²) in [5.41, 5.74) is 1.08. The third-order valence-electron chi connectivity index (χ3n) is 3.56. The summed E-state index contributed by atoms with van der Waals surface area (Å²) < 4.78 is 5.78. The van der Waals surface area contributed by atoms with Gasteiger partial charge in [0.1, 0.15) is 11.5 Å². The number of phenols is 1. The zero-order valence-electron chi connectivity index (χ0n) is 13.5. The van der Waals surface area contributed by atoms with Crippen LogP contribution >= 0.6 is 0 Å². The second-order valence-corrected chi connectivity index (χ2v) is 5.42. The molecule has 4 heteroatoms. The van der Waals surface area contributed by atoms with E-state index in [1.165, 1.54) is 6.92 Å². The van der Waals surface area contributed by atoms with Gasteiger partial charge in [0.05, 0.1) is 18.2 Å². The minimum atomic E-state index is -0.140. The Morgan fingerprint density at radius 1 is 1.27 bits per heavy atom. The van der Waals surface area contributed by atoms with Crippen molar-refractivity contribution >= 4 is 5.78 Å². The molecule has 0 saturated carbocycles. The van der Waals surface area contributed by atoms with Gasteiger partial charge in [0, 0.05) is 12.0 Å². The Morgan fingerprint density at radius 3 is 2.64 bits per heavy atom. The summed E-state index contributed by atoms with van der Waals surface area (Å²) in [6.45, 7) is 4.06. The van der Waals surface area contributed by atoms with Gasteiger partial charge in [-0.15, -0.1) is 0 Å². The number of hydrogen-bond donors (Lipinski definition) is 1. The van der Waals surface area contributed by atoms with Crippen LogP contribution in [0.5, 0.6) is 11.5 Å². The Morgan fingerprint density at radius 2 is 2.00 bits per heavy atom. The van der Waals surface area contributed by atoms with E-state index in [9.17, 15) is 9.90 Å². The van der Waals surface area contributed by atoms with Crippen LogP contribution < -0.4 is 4.74 Å². The van der Waals surface area contributed by atoms with Gasteiger partial charge in [-0.2, -0.15) is 5.26 Å². The molecule has 0 spiro atoms. The van der Waals surface area contributed by atoms with Gasteiger partial charge in [0.25, 0.3) is 0 Å². The van der Waals surface area contributed by atoms with E-state index < -0.39 is 0 Å². The average molecular weight is 303 g/mol. The number of nitrogens with zero attached hydrogens (tertiary/aromatic N) is 1. The lowest BCUT2D eigenvalue weighted by molar-refractivity contribution is 0.101. The highest BCUT2D eigenvalue weighted by molar-refractivity contribution is 5.97. The maximum atomic E-state index is 11.5. The number of nitriles is 1. The molecule has 0 bridgehead atoms. The maximum Gasteiger partial charge on any atom is 0.163 e. The molecule has 120 valence electrons. The van der Waals surface area contributed by atoms with Crippen LogP contribution in [0.15, 0.2) is 12.1 Å². The molecule has 0 aliphatic carbocycles. The lowest BCUT2D eigenvalue weighted by Crippen LogP contribution is -2.03. The molecule has 1 rings (SSSR count). The summed E-state index contributed by atoms with van der Waals surface area (Å²) in [4.78, 5) is 11.5. The number of phenolic OH excluding ortho intramolecular Hbond substituents is 1. The topological polar surface area (TPSA) is 70.3 Å². The number of aromatic hydroxyl groups is 1. The van der Waals surface area contributed by atoms with E-state index in [2.05, 4.69) is 6.07 Å². The van der Waals surface area contributed by atoms with E-state index >= 15 is 0 Å². The van der Waals surface area contributed by atoms with Crippen molar-refractivity contribution in [3.05, 3.63) is 23.3 Å². The van der Waals surface area contributed by atoms with Crippen LogP contribution in [0.1, 0.15) is 68.3 Å². The van der Waals surface area contributed by atoms with Crippen LogP contribution in [-0.2, 0) is 6.42 Å². The lowest BCUT2D eigenvalue weighted by atomic mass is 10.0. The molecule has 0 unspecified atom stereocenters. The Balaban J connectivity index is 2.61. The molecular formula is C18H25NO3. The molecule has 0 saturated heterocycles. The van der Waals surface area contributed by atoms with Crippen LogP contribution in [0.4, 0.5) is 0 Å². The molecule has 0 heterocycles. The van der Waals surface area contributed by atoms with Gasteiger partial charge in [0.15, 0.2) is 5.78 Å². The fourth-order valence-corrected chi connectivity index (χ4v) is 2.37. The molecular weight excluding hydrogens is 278 g/mol. The van der Waals surface area contributed by atoms with Crippen molar-refractivity contribution in [3.63, 3.8) is 0 Å². The van der Waals surface area contributed by atoms with Gasteiger partial charge in [0.2, 0.25) is 0 Å². The molecule has 1 aromatic carbocycles. The van der Waals surface area contributed by atoms with Crippen molar-refractivity contribution in [3.8, 4) is 17.6 Å². The molecule has 0 radical (unpaired) electrons. The Bertz CT molecular complexity index is 532. The van der Waals surface area contributed by atoms with Crippen molar-refractivity contribution in [1.29, 1.82) is 5.26 Å². The van der Waals surface area contributed by atoms with E-state index in [1.807, 2.05) is 6.92 Å². The van der Waals surface area contributed by atoms with E-state index in [1.54, 1.807) is 12.1 Å². The van der Waals surface area contributed by atoms with Crippen LogP contribution in [0.3, 0.4) is 0 Å². The van der Waals surface area contributed by atoms with Crippen LogP contribution in [0.2, 0.25) is 0 Å². The number of Topliss-reactive ketones (excluding diaryl/α,β-unsaturated/α-hetero) is 1. The van der Waals surface area contributed by atoms with E-state index in [4.69, 9.17) is 10.00 Å². The quantitative estimate of drug-likeness (QED) is 0.513. The lowest BCUT2D eigenvalue weighted by Gasteiger charge is -2.14. The monoisotopic (exact) mass is 303 g/mol. The number of carbonyl (C=O) groups excluding carboxylic acids is 1. The number of carbonyl (C=O) groups is 1. The predicted molar refractivity (Wildman–Crippen MR) is 86.3 cm³/mol. The third kappa shape index (κ3) is 5.40. The van der Waals surface area contributed by atoms with Crippen LogP contribution in [0.25, 0.3) is 0 Å². The summed E-state index contributed by atoms with van der Waals surface area (Å²) in [5.74, 6) is 0.584. The minimum Gasteiger partial charge on any atom is -0.507 e. The number of hydrogen-bond acceptors (Lipinski definition) is 4. The Labute approximate surface area is 132 Å². The van der Waals surface area contributed by atoms with Gasteiger partial charge >= 0.3 is 0 Å². The average Bonchev–Trinajstić information content (AvgIpc) is 2.49. The first-order chi connectivity index (χ1) is 10.6. The first kappa shape index (κ1) is 18.0. The molecule has 0 aliphatic rings. The van der Waals surface area contributed by atoms with Gasteiger partial charge in [-0.05, 0) is 38.3 Å². The summed E-state index contributed by atoms with van der Waals surface area (Å²) in [5, 5.41) is 18.7. The maximum absolute atomic E-state index is 11.5. The van der Waals surface area contributed by atoms with E-state index in [0.717, 1.165) is 37.7 Å². The van der Waals surface area contributed by atoms with Crippen molar-refractivity contribution in [2.24, 2.45) is 0 Å². The van der Waals surface area contributed by atoms with Crippen LogP contribution in [0, 0.1) is 11.3 Å². The zero-order valence-corrected chi connectivity index (χ0v) is 13.5. The normalized spacial score (nSPS) is 10.2. The Hall–Kier alpha value is -2.02. The third-order valence-corrected chi connectivity index (χ3v) is 3.56. The minimum absolute atomic E-state index is 0.0564. The molecule has 0 aliphatic heterocycles. The number of ketones is 1. The van der Waals surface area contributed by atoms with E-state index in [0.29, 0.717) is 30.8 Å². The van der Waals surface area contributed by atoms with Crippen molar-refractivity contribution in [1.82, 2.24) is 0 Å². The van der Waals surface area contributed by atoms with Crippen molar-refractivity contribution in [2.75, 3.05) is 6.61 Å². The second kappa shape index (κ2) is 9.83. The molecule has 1 N–H and O–H groups in total. The smallest absolute Gasteiger partial charge is 0.163 e. The second-order valence-electron chi connectivity index (χ2n) is 5.42. The molecule has 0 amide bonds. The number of unbranched alkanes of at least 4 members (excludes halogenated alkanes) is 4. The largest absolute Gasteiger partial charge is 0.507 e. The summed E-state index contributed by atoms with van der Waals surface area (Å²) in [6, 6.07) is 5.54. The zero-order chi connectivity index (χ0) is 16.4. The number of rotatable bonds is 10. The molecule has 0 aromatic heterocycles. The number of ether oxygens (including phenoxy) is 1. The first-order valence-corrected chi connectivity index (χ1v) is 7.97. The van der Waals surface area contributed by atoms with Gasteiger partial charge in [-0.1, -0.05) is 26.2 Å². The Kier molecular flexibility index (Phi) is 8.06. The van der Waals surface area contributed by atoms with Crippen molar-refractivity contribution < 1.29 is 14.6 Å². The van der Waals surface area contributed by atoms with Crippen LogP contribution in [-0.4, -0.2) is 17.5 Å². The standard InChI is InChI=1S/C18H25NO3/c1-3-9-16-17(11-10-15(14(2)20)18(16)21)22-13-8-6-4-5-7-12-19/h10-11,21H,3-9,13H2,1-2H3. The van der Waals surface area contributed by atoms with Gasteiger partial charge < -0.3 is 9.84 Å². The highest BCUT2D eigenvalue weighted by Gasteiger charge is 2.15. The highest BCUT2D eigenvalue weighted by atomic mass is 16.5. The number of benzene rings is 1. The van der Waals surface area contributed by atoms with Crippen molar-refractivity contribution in [2.45, 2.75) is 58.8 Å². The molecule has 1 aromatic rings. The molecule has 4 nitrogen and oxygen atoms in total. The van der Waals surface area contributed by atoms with Gasteiger partial charge in [-0.25, -0.2) is 0 Å². The highest BCUT2D eigenvalue weighted by Crippen LogP contribution is 2.33. The van der Waals surface area contributed by atoms with Gasteiger partial charge in [-0.3, -0.25) is 4.79 Å². The summed E-state index contributed by atoms with van der Waals surface area (Å²) in [6.07, 6.45) is 6.10. The SMILES string of the molecule is CCCc1c(OCCCCCCC#N)ccc(C(C)=O)c1O. The molecule has 0 fully saturated rings. The fourth-order valence-electron chi connectivity index (χ4n) is 2.37. The summed E-state index contributed by atoms with van der Waals surface area (Å²) >= 11 is 0. The summed E-state index contributed by atoms with van der Waals surface area (Å²) in [7, 11) is 0. The van der Waals surface area contributed by atoms with E-state index in [-0.39, 0.29) is 11.5 Å².